The molecule has 2 rings (SSSR count). The van der Waals surface area contributed by atoms with Crippen LogP contribution in [0.1, 0.15) is 39.4 Å². The number of rotatable bonds is 5. The van der Waals surface area contributed by atoms with Crippen LogP contribution >= 0.6 is 0 Å². The Morgan fingerprint density at radius 3 is 2.78 bits per heavy atom. The van der Waals surface area contributed by atoms with Crippen LogP contribution in [-0.2, 0) is 11.3 Å². The standard InChI is InChI=1S/C14H24N2O2/c1-4-17-10-13-9-15-14(18-13)16-7-5-12(6-8-16)11(2)3/h9,11-12H,4-8,10H2,1-3H3. The van der Waals surface area contributed by atoms with Crippen LogP contribution in [0.3, 0.4) is 0 Å². The first-order chi connectivity index (χ1) is 8.70. The summed E-state index contributed by atoms with van der Waals surface area (Å²) in [7, 11) is 0. The molecule has 0 aromatic carbocycles. The van der Waals surface area contributed by atoms with Crippen LogP contribution < -0.4 is 4.90 Å². The average molecular weight is 252 g/mol. The lowest BCUT2D eigenvalue weighted by Crippen LogP contribution is -2.35. The fourth-order valence-corrected chi connectivity index (χ4v) is 2.47. The summed E-state index contributed by atoms with van der Waals surface area (Å²) in [5.41, 5.74) is 0. The van der Waals surface area contributed by atoms with Gasteiger partial charge in [-0.2, -0.15) is 0 Å². The van der Waals surface area contributed by atoms with E-state index in [4.69, 9.17) is 9.15 Å². The normalized spacial score (nSPS) is 17.7. The van der Waals surface area contributed by atoms with Crippen LogP contribution in [0, 0.1) is 11.8 Å². The maximum absolute atomic E-state index is 5.71. The van der Waals surface area contributed by atoms with E-state index in [1.165, 1.54) is 12.8 Å². The van der Waals surface area contributed by atoms with Crippen molar-refractivity contribution in [2.45, 2.75) is 40.2 Å². The first kappa shape index (κ1) is 13.4. The van der Waals surface area contributed by atoms with E-state index in [1.807, 2.05) is 6.92 Å². The van der Waals surface area contributed by atoms with Gasteiger partial charge in [-0.1, -0.05) is 13.8 Å². The Morgan fingerprint density at radius 1 is 1.44 bits per heavy atom. The van der Waals surface area contributed by atoms with Gasteiger partial charge in [0.05, 0.1) is 6.20 Å². The number of nitrogens with zero attached hydrogens (tertiary/aromatic N) is 2. The highest BCUT2D eigenvalue weighted by Gasteiger charge is 2.23. The second-order valence-electron chi connectivity index (χ2n) is 5.31. The molecular weight excluding hydrogens is 228 g/mol. The molecule has 0 bridgehead atoms. The molecule has 2 heterocycles. The van der Waals surface area contributed by atoms with Gasteiger partial charge < -0.3 is 14.1 Å². The van der Waals surface area contributed by atoms with Gasteiger partial charge in [-0.05, 0) is 31.6 Å². The van der Waals surface area contributed by atoms with Crippen molar-refractivity contribution in [2.24, 2.45) is 11.8 Å². The van der Waals surface area contributed by atoms with E-state index in [2.05, 4.69) is 23.7 Å². The number of aromatic nitrogens is 1. The fraction of sp³-hybridized carbons (Fsp3) is 0.786. The van der Waals surface area contributed by atoms with Crippen molar-refractivity contribution in [3.63, 3.8) is 0 Å². The monoisotopic (exact) mass is 252 g/mol. The third-order valence-corrected chi connectivity index (χ3v) is 3.74. The van der Waals surface area contributed by atoms with Crippen molar-refractivity contribution in [1.82, 2.24) is 4.98 Å². The number of piperidine rings is 1. The van der Waals surface area contributed by atoms with Crippen LogP contribution in [0.2, 0.25) is 0 Å². The highest BCUT2D eigenvalue weighted by molar-refractivity contribution is 5.27. The first-order valence-corrected chi connectivity index (χ1v) is 6.98. The van der Waals surface area contributed by atoms with E-state index in [-0.39, 0.29) is 0 Å². The van der Waals surface area contributed by atoms with E-state index < -0.39 is 0 Å². The maximum Gasteiger partial charge on any atom is 0.297 e. The summed E-state index contributed by atoms with van der Waals surface area (Å²) in [6, 6.07) is 0.756. The van der Waals surface area contributed by atoms with Gasteiger partial charge in [0.1, 0.15) is 6.61 Å². The maximum atomic E-state index is 5.71. The van der Waals surface area contributed by atoms with Crippen LogP contribution in [0.15, 0.2) is 10.6 Å². The zero-order chi connectivity index (χ0) is 13.0. The Balaban J connectivity index is 1.87. The van der Waals surface area contributed by atoms with Gasteiger partial charge in [-0.15, -0.1) is 0 Å². The molecule has 1 aromatic heterocycles. The predicted molar refractivity (Wildman–Crippen MR) is 71.6 cm³/mol. The van der Waals surface area contributed by atoms with Gasteiger partial charge in [-0.3, -0.25) is 0 Å². The lowest BCUT2D eigenvalue weighted by atomic mass is 9.87. The molecule has 1 fully saturated rings. The highest BCUT2D eigenvalue weighted by atomic mass is 16.5. The lowest BCUT2D eigenvalue weighted by Gasteiger charge is -2.32. The molecule has 0 N–H and O–H groups in total. The van der Waals surface area contributed by atoms with Crippen molar-refractivity contribution in [2.75, 3.05) is 24.6 Å². The van der Waals surface area contributed by atoms with Crippen molar-refractivity contribution in [3.8, 4) is 0 Å². The summed E-state index contributed by atoms with van der Waals surface area (Å²) in [5, 5.41) is 0. The topological polar surface area (TPSA) is 38.5 Å². The molecule has 1 saturated heterocycles. The van der Waals surface area contributed by atoms with Gasteiger partial charge in [0, 0.05) is 19.7 Å². The third kappa shape index (κ3) is 3.25. The van der Waals surface area contributed by atoms with Gasteiger partial charge in [0.15, 0.2) is 5.76 Å². The van der Waals surface area contributed by atoms with E-state index >= 15 is 0 Å². The molecule has 0 spiro atoms. The summed E-state index contributed by atoms with van der Waals surface area (Å²) in [6.45, 7) is 9.93. The van der Waals surface area contributed by atoms with Crippen LogP contribution in [0.25, 0.3) is 0 Å². The van der Waals surface area contributed by atoms with Crippen molar-refractivity contribution >= 4 is 6.01 Å². The van der Waals surface area contributed by atoms with Crippen LogP contribution in [0.5, 0.6) is 0 Å². The largest absolute Gasteiger partial charge is 0.426 e. The highest BCUT2D eigenvalue weighted by Crippen LogP contribution is 2.27. The van der Waals surface area contributed by atoms with E-state index in [0.717, 1.165) is 36.7 Å². The van der Waals surface area contributed by atoms with Crippen molar-refractivity contribution in [1.29, 1.82) is 0 Å². The summed E-state index contributed by atoms with van der Waals surface area (Å²) in [5.74, 6) is 2.45. The molecule has 0 radical (unpaired) electrons. The molecule has 1 aromatic rings. The molecule has 0 unspecified atom stereocenters. The Kier molecular flexibility index (Phi) is 4.64. The van der Waals surface area contributed by atoms with Gasteiger partial charge in [0.25, 0.3) is 6.01 Å². The second-order valence-corrected chi connectivity index (χ2v) is 5.31. The van der Waals surface area contributed by atoms with E-state index in [0.29, 0.717) is 13.2 Å². The average Bonchev–Trinajstić information content (AvgIpc) is 2.85. The zero-order valence-corrected chi connectivity index (χ0v) is 11.7. The second kappa shape index (κ2) is 6.23. The molecular formula is C14H24N2O2. The molecule has 1 aliphatic rings. The summed E-state index contributed by atoms with van der Waals surface area (Å²) >= 11 is 0. The minimum atomic E-state index is 0.520. The van der Waals surface area contributed by atoms with Gasteiger partial charge in [-0.25, -0.2) is 4.98 Å². The Labute approximate surface area is 109 Å². The van der Waals surface area contributed by atoms with Crippen LogP contribution in [0.4, 0.5) is 6.01 Å². The Hall–Kier alpha value is -1.03. The Morgan fingerprint density at radius 2 is 2.17 bits per heavy atom. The number of ether oxygens (including phenoxy) is 1. The summed E-state index contributed by atoms with van der Waals surface area (Å²) in [4.78, 5) is 6.59. The first-order valence-electron chi connectivity index (χ1n) is 6.98. The molecule has 0 atom stereocenters. The van der Waals surface area contributed by atoms with E-state index in [9.17, 15) is 0 Å². The zero-order valence-electron chi connectivity index (χ0n) is 11.7. The smallest absolute Gasteiger partial charge is 0.297 e. The quantitative estimate of drug-likeness (QED) is 0.807. The fourth-order valence-electron chi connectivity index (χ4n) is 2.47. The molecule has 18 heavy (non-hydrogen) atoms. The SMILES string of the molecule is CCOCc1cnc(N2CCC(C(C)C)CC2)o1. The van der Waals surface area contributed by atoms with Crippen molar-refractivity contribution < 1.29 is 9.15 Å². The van der Waals surface area contributed by atoms with Gasteiger partial charge in [0.2, 0.25) is 0 Å². The number of anilines is 1. The van der Waals surface area contributed by atoms with Gasteiger partial charge >= 0.3 is 0 Å². The molecule has 0 saturated carbocycles. The molecule has 4 nitrogen and oxygen atoms in total. The number of hydrogen-bond acceptors (Lipinski definition) is 4. The minimum absolute atomic E-state index is 0.520. The Bertz CT molecular complexity index is 354. The molecule has 0 aliphatic carbocycles. The molecule has 0 amide bonds. The number of hydrogen-bond donors (Lipinski definition) is 0. The third-order valence-electron chi connectivity index (χ3n) is 3.74. The van der Waals surface area contributed by atoms with Crippen molar-refractivity contribution in [3.05, 3.63) is 12.0 Å². The minimum Gasteiger partial charge on any atom is -0.426 e. The summed E-state index contributed by atoms with van der Waals surface area (Å²) in [6.07, 6.45) is 4.25. The summed E-state index contributed by atoms with van der Waals surface area (Å²) < 4.78 is 11.0. The molecule has 102 valence electrons. The molecule has 1 aliphatic heterocycles. The van der Waals surface area contributed by atoms with E-state index in [1.54, 1.807) is 6.20 Å². The number of oxazole rings is 1. The molecule has 4 heteroatoms. The lowest BCUT2D eigenvalue weighted by molar-refractivity contribution is 0.118. The van der Waals surface area contributed by atoms with Crippen LogP contribution in [-0.4, -0.2) is 24.7 Å². The predicted octanol–water partition coefficient (Wildman–Crippen LogP) is 3.08.